The van der Waals surface area contributed by atoms with Gasteiger partial charge in [-0.1, -0.05) is 12.1 Å². The van der Waals surface area contributed by atoms with E-state index in [4.69, 9.17) is 0 Å². The van der Waals surface area contributed by atoms with Crippen molar-refractivity contribution in [2.24, 2.45) is 0 Å². The number of amides is 1. The second-order valence-corrected chi connectivity index (χ2v) is 5.37. The van der Waals surface area contributed by atoms with Gasteiger partial charge >= 0.3 is 0 Å². The van der Waals surface area contributed by atoms with Gasteiger partial charge in [-0.3, -0.25) is 9.78 Å². The highest BCUT2D eigenvalue weighted by Gasteiger charge is 2.19. The summed E-state index contributed by atoms with van der Waals surface area (Å²) in [5, 5.41) is 0. The number of para-hydroxylation sites is 2. The molecule has 18 heavy (non-hydrogen) atoms. The highest BCUT2D eigenvalue weighted by Crippen LogP contribution is 2.14. The summed E-state index contributed by atoms with van der Waals surface area (Å²) in [6.07, 6.45) is 1.58. The highest BCUT2D eigenvalue weighted by atomic mass is 32.2. The van der Waals surface area contributed by atoms with Gasteiger partial charge in [0.1, 0.15) is 5.69 Å². The molecular weight excluding hydrogens is 246 g/mol. The molecule has 0 atom stereocenters. The van der Waals surface area contributed by atoms with Crippen molar-refractivity contribution in [3.05, 3.63) is 36.2 Å². The highest BCUT2D eigenvalue weighted by molar-refractivity contribution is 7.99. The Bertz CT molecular complexity index is 581. The minimum absolute atomic E-state index is 0.00597. The first-order valence-corrected chi connectivity index (χ1v) is 7.09. The Morgan fingerprint density at radius 3 is 2.67 bits per heavy atom. The van der Waals surface area contributed by atoms with Gasteiger partial charge in [-0.2, -0.15) is 11.8 Å². The van der Waals surface area contributed by atoms with E-state index in [2.05, 4.69) is 9.97 Å². The summed E-state index contributed by atoms with van der Waals surface area (Å²) in [6, 6.07) is 7.60. The zero-order valence-corrected chi connectivity index (χ0v) is 10.7. The smallest absolute Gasteiger partial charge is 0.274 e. The number of carbonyl (C=O) groups excluding carboxylic acids is 1. The summed E-state index contributed by atoms with van der Waals surface area (Å²) in [6.45, 7) is 1.61. The minimum atomic E-state index is -0.00597. The molecule has 1 aromatic carbocycles. The van der Waals surface area contributed by atoms with Crippen LogP contribution in [0, 0.1) is 0 Å². The number of hydrogen-bond donors (Lipinski definition) is 0. The molecule has 1 amide bonds. The molecule has 2 aromatic rings. The van der Waals surface area contributed by atoms with E-state index in [-0.39, 0.29) is 5.91 Å². The van der Waals surface area contributed by atoms with E-state index < -0.39 is 0 Å². The number of carbonyl (C=O) groups is 1. The summed E-state index contributed by atoms with van der Waals surface area (Å²) in [4.78, 5) is 22.8. The molecule has 4 nitrogen and oxygen atoms in total. The molecule has 0 radical (unpaired) electrons. The van der Waals surface area contributed by atoms with E-state index in [1.807, 2.05) is 40.9 Å². The molecule has 0 saturated carbocycles. The molecule has 0 unspecified atom stereocenters. The van der Waals surface area contributed by atoms with E-state index >= 15 is 0 Å². The number of aromatic nitrogens is 2. The minimum Gasteiger partial charge on any atom is -0.336 e. The molecule has 0 aliphatic carbocycles. The SMILES string of the molecule is O=C(c1cnc2ccccc2n1)N1CCSCC1. The number of hydrogen-bond acceptors (Lipinski definition) is 4. The zero-order valence-electron chi connectivity index (χ0n) is 9.87. The van der Waals surface area contributed by atoms with Gasteiger partial charge in [0.05, 0.1) is 17.2 Å². The van der Waals surface area contributed by atoms with E-state index in [1.54, 1.807) is 6.20 Å². The van der Waals surface area contributed by atoms with Crippen LogP contribution in [-0.2, 0) is 0 Å². The van der Waals surface area contributed by atoms with Gasteiger partial charge in [0, 0.05) is 24.6 Å². The van der Waals surface area contributed by atoms with Gasteiger partial charge in [-0.05, 0) is 12.1 Å². The van der Waals surface area contributed by atoms with E-state index in [0.717, 1.165) is 35.6 Å². The lowest BCUT2D eigenvalue weighted by Crippen LogP contribution is -2.38. The number of rotatable bonds is 1. The second kappa shape index (κ2) is 4.94. The summed E-state index contributed by atoms with van der Waals surface area (Å²) in [7, 11) is 0. The van der Waals surface area contributed by atoms with Gasteiger partial charge in [0.15, 0.2) is 0 Å². The molecule has 0 N–H and O–H groups in total. The standard InChI is InChI=1S/C13H13N3OS/c17-13(16-5-7-18-8-6-16)12-9-14-10-3-1-2-4-11(10)15-12/h1-4,9H,5-8H2. The molecule has 1 fully saturated rings. The third-order valence-electron chi connectivity index (χ3n) is 2.97. The molecule has 2 heterocycles. The average molecular weight is 259 g/mol. The normalized spacial score (nSPS) is 15.9. The van der Waals surface area contributed by atoms with Crippen molar-refractivity contribution in [3.8, 4) is 0 Å². The molecule has 92 valence electrons. The summed E-state index contributed by atoms with van der Waals surface area (Å²) in [5.41, 5.74) is 2.04. The van der Waals surface area contributed by atoms with Crippen LogP contribution in [0.1, 0.15) is 10.5 Å². The maximum atomic E-state index is 12.3. The maximum absolute atomic E-state index is 12.3. The topological polar surface area (TPSA) is 46.1 Å². The Balaban J connectivity index is 1.91. The Hall–Kier alpha value is -1.62. The van der Waals surface area contributed by atoms with Crippen LogP contribution in [0.5, 0.6) is 0 Å². The van der Waals surface area contributed by atoms with Crippen LogP contribution in [0.4, 0.5) is 0 Å². The van der Waals surface area contributed by atoms with E-state index in [9.17, 15) is 4.79 Å². The Morgan fingerprint density at radius 1 is 1.17 bits per heavy atom. The average Bonchev–Trinajstić information content (AvgIpc) is 2.47. The molecule has 1 aliphatic rings. The fourth-order valence-electron chi connectivity index (χ4n) is 1.99. The van der Waals surface area contributed by atoms with Crippen LogP contribution >= 0.6 is 11.8 Å². The summed E-state index contributed by atoms with van der Waals surface area (Å²) in [5.74, 6) is 2.01. The third kappa shape index (κ3) is 2.18. The summed E-state index contributed by atoms with van der Waals surface area (Å²) >= 11 is 1.88. The summed E-state index contributed by atoms with van der Waals surface area (Å²) < 4.78 is 0. The first-order chi connectivity index (χ1) is 8.84. The lowest BCUT2D eigenvalue weighted by molar-refractivity contribution is 0.0766. The maximum Gasteiger partial charge on any atom is 0.274 e. The first kappa shape index (κ1) is 11.5. The first-order valence-electron chi connectivity index (χ1n) is 5.93. The van der Waals surface area contributed by atoms with Crippen molar-refractivity contribution in [2.75, 3.05) is 24.6 Å². The fraction of sp³-hybridized carbons (Fsp3) is 0.308. The quantitative estimate of drug-likeness (QED) is 0.783. The van der Waals surface area contributed by atoms with Crippen molar-refractivity contribution in [2.45, 2.75) is 0 Å². The number of thioether (sulfide) groups is 1. The van der Waals surface area contributed by atoms with Crippen LogP contribution in [0.2, 0.25) is 0 Å². The van der Waals surface area contributed by atoms with Crippen LogP contribution in [-0.4, -0.2) is 45.4 Å². The van der Waals surface area contributed by atoms with Crippen molar-refractivity contribution in [1.29, 1.82) is 0 Å². The molecule has 0 spiro atoms. The lowest BCUT2D eigenvalue weighted by atomic mass is 10.3. The van der Waals surface area contributed by atoms with Crippen molar-refractivity contribution < 1.29 is 4.79 Å². The molecule has 1 saturated heterocycles. The number of fused-ring (bicyclic) bond motifs is 1. The zero-order chi connectivity index (χ0) is 12.4. The molecule has 0 bridgehead atoms. The predicted molar refractivity (Wildman–Crippen MR) is 72.8 cm³/mol. The van der Waals surface area contributed by atoms with Crippen molar-refractivity contribution in [1.82, 2.24) is 14.9 Å². The lowest BCUT2D eigenvalue weighted by Gasteiger charge is -2.25. The largest absolute Gasteiger partial charge is 0.336 e. The van der Waals surface area contributed by atoms with Gasteiger partial charge in [0.25, 0.3) is 5.91 Å². The van der Waals surface area contributed by atoms with Crippen molar-refractivity contribution in [3.63, 3.8) is 0 Å². The molecule has 5 heteroatoms. The predicted octanol–water partition coefficient (Wildman–Crippen LogP) is 1.82. The van der Waals surface area contributed by atoms with Crippen LogP contribution in [0.3, 0.4) is 0 Å². The second-order valence-electron chi connectivity index (χ2n) is 4.15. The monoisotopic (exact) mass is 259 g/mol. The van der Waals surface area contributed by atoms with Crippen LogP contribution in [0.15, 0.2) is 30.5 Å². The number of benzene rings is 1. The van der Waals surface area contributed by atoms with E-state index in [0.29, 0.717) is 5.69 Å². The number of nitrogens with zero attached hydrogens (tertiary/aromatic N) is 3. The Labute approximate surface area is 109 Å². The molecule has 1 aliphatic heterocycles. The Kier molecular flexibility index (Phi) is 3.15. The molecule has 1 aromatic heterocycles. The molecule has 3 rings (SSSR count). The van der Waals surface area contributed by atoms with Crippen LogP contribution in [0.25, 0.3) is 11.0 Å². The van der Waals surface area contributed by atoms with Gasteiger partial charge in [-0.15, -0.1) is 0 Å². The van der Waals surface area contributed by atoms with Gasteiger partial charge in [-0.25, -0.2) is 4.98 Å². The van der Waals surface area contributed by atoms with Gasteiger partial charge in [0.2, 0.25) is 0 Å². The third-order valence-corrected chi connectivity index (χ3v) is 3.91. The van der Waals surface area contributed by atoms with Crippen molar-refractivity contribution >= 4 is 28.7 Å². The van der Waals surface area contributed by atoms with Gasteiger partial charge < -0.3 is 4.90 Å². The molecular formula is C13H13N3OS. The van der Waals surface area contributed by atoms with Crippen LogP contribution < -0.4 is 0 Å². The Morgan fingerprint density at radius 2 is 1.89 bits per heavy atom. The fourth-order valence-corrected chi connectivity index (χ4v) is 2.89. The van der Waals surface area contributed by atoms with E-state index in [1.165, 1.54) is 0 Å².